The van der Waals surface area contributed by atoms with Crippen molar-refractivity contribution < 1.29 is 0 Å². The Bertz CT molecular complexity index is 485. The first-order valence-electron chi connectivity index (χ1n) is 9.47. The number of nitrogens with zero attached hydrogens (tertiary/aromatic N) is 1. The maximum absolute atomic E-state index is 6.09. The van der Waals surface area contributed by atoms with Gasteiger partial charge in [0.1, 0.15) is 5.84 Å². The normalized spacial score (nSPS) is 31.7. The molecule has 1 aliphatic carbocycles. The summed E-state index contributed by atoms with van der Waals surface area (Å²) in [5, 5.41) is 4.39. The highest BCUT2D eigenvalue weighted by Gasteiger charge is 2.48. The lowest BCUT2D eigenvalue weighted by molar-refractivity contribution is 0.0406. The van der Waals surface area contributed by atoms with Gasteiger partial charge in [0.05, 0.1) is 0 Å². The summed E-state index contributed by atoms with van der Waals surface area (Å²) < 4.78 is 0. The van der Waals surface area contributed by atoms with E-state index >= 15 is 0 Å². The summed E-state index contributed by atoms with van der Waals surface area (Å²) >= 11 is 0. The summed E-state index contributed by atoms with van der Waals surface area (Å²) in [6.45, 7) is 19.1. The maximum atomic E-state index is 6.09. The molecule has 3 nitrogen and oxygen atoms in total. The molecule has 4 unspecified atom stereocenters. The molecule has 0 bridgehead atoms. The highest BCUT2D eigenvalue weighted by molar-refractivity contribution is 5.83. The van der Waals surface area contributed by atoms with Crippen LogP contribution in [0.15, 0.2) is 16.4 Å². The van der Waals surface area contributed by atoms with E-state index in [2.05, 4.69) is 65.9 Å². The third-order valence-corrected chi connectivity index (χ3v) is 6.02. The fourth-order valence-corrected chi connectivity index (χ4v) is 5.37. The topological polar surface area (TPSA) is 50.4 Å². The largest absolute Gasteiger partial charge is 0.385 e. The van der Waals surface area contributed by atoms with Crippen LogP contribution in [0.25, 0.3) is 0 Å². The summed E-state index contributed by atoms with van der Waals surface area (Å²) in [6, 6.07) is 0. The molecule has 2 aliphatic rings. The van der Waals surface area contributed by atoms with E-state index in [1.807, 2.05) is 0 Å². The number of rotatable bonds is 4. The van der Waals surface area contributed by atoms with Gasteiger partial charge in [-0.05, 0) is 47.0 Å². The molecule has 0 saturated carbocycles. The Kier molecular flexibility index (Phi) is 5.48. The minimum absolute atomic E-state index is 0.559. The zero-order valence-corrected chi connectivity index (χ0v) is 16.4. The van der Waals surface area contributed by atoms with Crippen LogP contribution in [0.1, 0.15) is 61.8 Å². The molecule has 3 N–H and O–H groups in total. The van der Waals surface area contributed by atoms with Crippen molar-refractivity contribution in [2.24, 2.45) is 58.2 Å². The molecule has 0 saturated heterocycles. The van der Waals surface area contributed by atoms with Gasteiger partial charge in [0.25, 0.3) is 0 Å². The van der Waals surface area contributed by atoms with E-state index < -0.39 is 0 Å². The first-order chi connectivity index (χ1) is 10.7. The van der Waals surface area contributed by atoms with E-state index in [9.17, 15) is 0 Å². The van der Waals surface area contributed by atoms with Crippen molar-refractivity contribution in [2.75, 3.05) is 0 Å². The molecule has 132 valence electrons. The molecule has 0 fully saturated rings. The molecule has 0 radical (unpaired) electrons. The monoisotopic (exact) mass is 319 g/mol. The number of hydrogen-bond donors (Lipinski definition) is 2. The summed E-state index contributed by atoms with van der Waals surface area (Å²) in [5.74, 6) is 5.93. The molecule has 3 heteroatoms. The van der Waals surface area contributed by atoms with Gasteiger partial charge in [-0.15, -0.1) is 0 Å². The average Bonchev–Trinajstić information content (AvgIpc) is 2.43. The van der Waals surface area contributed by atoms with E-state index in [0.29, 0.717) is 47.3 Å². The van der Waals surface area contributed by atoms with Crippen molar-refractivity contribution in [3.63, 3.8) is 0 Å². The molecule has 0 amide bonds. The Morgan fingerprint density at radius 1 is 0.826 bits per heavy atom. The molecular weight excluding hydrogens is 282 g/mol. The van der Waals surface area contributed by atoms with Crippen LogP contribution in [-0.4, -0.2) is 5.84 Å². The molecule has 0 aromatic rings. The number of hydrazone groups is 1. The van der Waals surface area contributed by atoms with Gasteiger partial charge < -0.3 is 5.73 Å². The average molecular weight is 320 g/mol. The van der Waals surface area contributed by atoms with Crippen LogP contribution in [0, 0.1) is 47.3 Å². The van der Waals surface area contributed by atoms with Crippen molar-refractivity contribution in [1.29, 1.82) is 0 Å². The maximum Gasteiger partial charge on any atom is 0.124 e. The molecule has 0 aromatic carbocycles. The van der Waals surface area contributed by atoms with Gasteiger partial charge in [0.2, 0.25) is 0 Å². The van der Waals surface area contributed by atoms with E-state index in [1.54, 1.807) is 5.57 Å². The first kappa shape index (κ1) is 18.4. The number of nitrogens with one attached hydrogen (secondary N) is 1. The Balaban J connectivity index is 2.62. The van der Waals surface area contributed by atoms with Gasteiger partial charge in [0, 0.05) is 18.0 Å². The van der Waals surface area contributed by atoms with Crippen LogP contribution in [0.2, 0.25) is 0 Å². The lowest BCUT2D eigenvalue weighted by Gasteiger charge is -2.52. The lowest BCUT2D eigenvalue weighted by Crippen LogP contribution is -2.49. The highest BCUT2D eigenvalue weighted by atomic mass is 15.3. The van der Waals surface area contributed by atoms with Gasteiger partial charge in [0.15, 0.2) is 0 Å². The molecule has 2 rings (SSSR count). The number of amidine groups is 1. The van der Waals surface area contributed by atoms with Gasteiger partial charge in [-0.1, -0.05) is 55.4 Å². The SMILES string of the molecule is CC(C)C1C2=C(NN=C(N)C2)C(C(C)C)C(C(C)C)C1C(C)C. The van der Waals surface area contributed by atoms with Gasteiger partial charge in [-0.3, -0.25) is 5.43 Å². The Hall–Kier alpha value is -0.990. The first-order valence-corrected chi connectivity index (χ1v) is 9.47. The second-order valence-electron chi connectivity index (χ2n) is 9.01. The van der Waals surface area contributed by atoms with E-state index in [1.165, 1.54) is 5.70 Å². The van der Waals surface area contributed by atoms with Gasteiger partial charge >= 0.3 is 0 Å². The zero-order valence-electron chi connectivity index (χ0n) is 16.4. The molecule has 23 heavy (non-hydrogen) atoms. The van der Waals surface area contributed by atoms with E-state index in [-0.39, 0.29) is 0 Å². The molecule has 1 heterocycles. The zero-order chi connectivity index (χ0) is 17.5. The summed E-state index contributed by atoms with van der Waals surface area (Å²) in [4.78, 5) is 0. The number of allylic oxidation sites excluding steroid dienone is 1. The fourth-order valence-electron chi connectivity index (χ4n) is 5.37. The van der Waals surface area contributed by atoms with Crippen LogP contribution in [0.5, 0.6) is 0 Å². The van der Waals surface area contributed by atoms with Crippen molar-refractivity contribution in [1.82, 2.24) is 5.43 Å². The van der Waals surface area contributed by atoms with Crippen LogP contribution in [0.4, 0.5) is 0 Å². The van der Waals surface area contributed by atoms with Crippen LogP contribution < -0.4 is 11.2 Å². The van der Waals surface area contributed by atoms with Crippen molar-refractivity contribution in [3.8, 4) is 0 Å². The van der Waals surface area contributed by atoms with Crippen molar-refractivity contribution in [2.45, 2.75) is 61.8 Å². The fraction of sp³-hybridized carbons (Fsp3) is 0.850. The number of nitrogens with two attached hydrogens (primary N) is 1. The molecule has 0 aromatic heterocycles. The predicted octanol–water partition coefficient (Wildman–Crippen LogP) is 4.61. The van der Waals surface area contributed by atoms with Crippen molar-refractivity contribution >= 4 is 5.84 Å². The molecule has 1 aliphatic heterocycles. The summed E-state index contributed by atoms with van der Waals surface area (Å²) in [5.41, 5.74) is 12.4. The minimum Gasteiger partial charge on any atom is -0.385 e. The predicted molar refractivity (Wildman–Crippen MR) is 99.7 cm³/mol. The second kappa shape index (κ2) is 6.86. The highest BCUT2D eigenvalue weighted by Crippen LogP contribution is 2.53. The molecular formula is C20H37N3. The van der Waals surface area contributed by atoms with Crippen LogP contribution >= 0.6 is 0 Å². The summed E-state index contributed by atoms with van der Waals surface area (Å²) in [6.07, 6.45) is 0.850. The van der Waals surface area contributed by atoms with Crippen LogP contribution in [0.3, 0.4) is 0 Å². The van der Waals surface area contributed by atoms with Gasteiger partial charge in [-0.2, -0.15) is 5.10 Å². The quantitative estimate of drug-likeness (QED) is 0.795. The third-order valence-electron chi connectivity index (χ3n) is 6.02. The third kappa shape index (κ3) is 3.29. The van der Waals surface area contributed by atoms with Crippen LogP contribution in [-0.2, 0) is 0 Å². The smallest absolute Gasteiger partial charge is 0.124 e. The Morgan fingerprint density at radius 2 is 1.30 bits per heavy atom. The molecule has 4 atom stereocenters. The second-order valence-corrected chi connectivity index (χ2v) is 9.01. The lowest BCUT2D eigenvalue weighted by atomic mass is 9.54. The van der Waals surface area contributed by atoms with Gasteiger partial charge in [-0.25, -0.2) is 0 Å². The molecule has 0 spiro atoms. The van der Waals surface area contributed by atoms with E-state index in [0.717, 1.165) is 12.3 Å². The summed E-state index contributed by atoms with van der Waals surface area (Å²) in [7, 11) is 0. The standard InChI is InChI=1S/C20H37N3/c1-10(2)16-14-9-15(21)22-23-20(14)19(13(7)8)18(12(5)6)17(16)11(3)4/h10-13,16-19,23H,9H2,1-8H3,(H2,21,22). The Morgan fingerprint density at radius 3 is 1.74 bits per heavy atom. The number of hydrogen-bond acceptors (Lipinski definition) is 3. The Labute approximate surface area is 143 Å². The van der Waals surface area contributed by atoms with Crippen molar-refractivity contribution in [3.05, 3.63) is 11.3 Å². The van der Waals surface area contributed by atoms with E-state index in [4.69, 9.17) is 5.73 Å². The minimum atomic E-state index is 0.559.